The molecule has 0 aliphatic rings. The van der Waals surface area contributed by atoms with Crippen molar-refractivity contribution < 1.29 is 9.90 Å². The van der Waals surface area contributed by atoms with Crippen LogP contribution in [0, 0.1) is 0 Å². The topological polar surface area (TPSA) is 37.3 Å². The lowest BCUT2D eigenvalue weighted by Gasteiger charge is -2.01. The van der Waals surface area contributed by atoms with E-state index in [1.807, 2.05) is 30.3 Å². The minimum atomic E-state index is -0.242. The Labute approximate surface area is 83.9 Å². The third-order valence-corrected chi connectivity index (χ3v) is 2.07. The van der Waals surface area contributed by atoms with Crippen LogP contribution in [-0.2, 0) is 11.2 Å². The summed E-state index contributed by atoms with van der Waals surface area (Å²) in [6, 6.07) is 9.79. The fourth-order valence-electron chi connectivity index (χ4n) is 1.17. The van der Waals surface area contributed by atoms with Crippen LogP contribution >= 0.6 is 0 Å². The fraction of sp³-hybridized carbons (Fsp3) is 0.250. The van der Waals surface area contributed by atoms with Crippen LogP contribution in [0.15, 0.2) is 42.5 Å². The van der Waals surface area contributed by atoms with Crippen molar-refractivity contribution in [2.75, 3.05) is 6.61 Å². The van der Waals surface area contributed by atoms with E-state index in [0.717, 1.165) is 5.56 Å². The summed E-state index contributed by atoms with van der Waals surface area (Å²) < 4.78 is 0. The van der Waals surface area contributed by atoms with Gasteiger partial charge < -0.3 is 5.11 Å². The summed E-state index contributed by atoms with van der Waals surface area (Å²) in [5.74, 6) is -0.0589. The number of aryl methyl sites for hydroxylation is 1. The van der Waals surface area contributed by atoms with Crippen molar-refractivity contribution in [1.29, 1.82) is 0 Å². The Hall–Kier alpha value is -1.41. The van der Waals surface area contributed by atoms with E-state index in [2.05, 4.69) is 6.58 Å². The normalized spacial score (nSPS) is 9.79. The zero-order valence-corrected chi connectivity index (χ0v) is 8.07. The van der Waals surface area contributed by atoms with Gasteiger partial charge in [-0.1, -0.05) is 36.9 Å². The number of carbonyl (C=O) groups is 1. The van der Waals surface area contributed by atoms with Crippen LogP contribution in [0.2, 0.25) is 0 Å². The number of rotatable bonds is 5. The molecule has 0 unspecified atom stereocenters. The van der Waals surface area contributed by atoms with E-state index in [9.17, 15) is 4.79 Å². The van der Waals surface area contributed by atoms with Crippen molar-refractivity contribution in [1.82, 2.24) is 0 Å². The van der Waals surface area contributed by atoms with Crippen molar-refractivity contribution in [3.8, 4) is 0 Å². The van der Waals surface area contributed by atoms with E-state index in [1.54, 1.807) is 0 Å². The molecule has 14 heavy (non-hydrogen) atoms. The number of aliphatic hydroxyl groups excluding tert-OH is 1. The number of hydrogen-bond donors (Lipinski definition) is 1. The van der Waals surface area contributed by atoms with Crippen molar-refractivity contribution in [2.45, 2.75) is 12.8 Å². The maximum absolute atomic E-state index is 11.3. The van der Waals surface area contributed by atoms with Crippen LogP contribution < -0.4 is 0 Å². The zero-order chi connectivity index (χ0) is 10.4. The molecule has 0 atom stereocenters. The molecular formula is C12H14O2. The minimum Gasteiger partial charge on any atom is -0.392 e. The first kappa shape index (κ1) is 10.7. The SMILES string of the molecule is C=C(CO)C(=O)CCc1ccccc1. The average Bonchev–Trinajstić information content (AvgIpc) is 2.26. The van der Waals surface area contributed by atoms with Gasteiger partial charge in [0.25, 0.3) is 0 Å². The van der Waals surface area contributed by atoms with Crippen LogP contribution in [-0.4, -0.2) is 17.5 Å². The highest BCUT2D eigenvalue weighted by atomic mass is 16.3. The second kappa shape index (κ2) is 5.35. The highest BCUT2D eigenvalue weighted by Gasteiger charge is 2.05. The number of carbonyl (C=O) groups excluding carboxylic acids is 1. The molecule has 0 saturated heterocycles. The van der Waals surface area contributed by atoms with E-state index >= 15 is 0 Å². The fourth-order valence-corrected chi connectivity index (χ4v) is 1.17. The molecule has 1 N–H and O–H groups in total. The lowest BCUT2D eigenvalue weighted by Crippen LogP contribution is -2.06. The second-order valence-electron chi connectivity index (χ2n) is 3.17. The van der Waals surface area contributed by atoms with Gasteiger partial charge in [0, 0.05) is 12.0 Å². The monoisotopic (exact) mass is 190 g/mol. The van der Waals surface area contributed by atoms with Crippen LogP contribution in [0.5, 0.6) is 0 Å². The first-order valence-electron chi connectivity index (χ1n) is 4.60. The Bertz CT molecular complexity index is 314. The minimum absolute atomic E-state index is 0.0589. The highest BCUT2D eigenvalue weighted by molar-refractivity contribution is 5.94. The summed E-state index contributed by atoms with van der Waals surface area (Å²) in [7, 11) is 0. The molecule has 1 aromatic rings. The summed E-state index contributed by atoms with van der Waals surface area (Å²) in [6.45, 7) is 3.24. The summed E-state index contributed by atoms with van der Waals surface area (Å²) in [6.07, 6.45) is 1.13. The van der Waals surface area contributed by atoms with E-state index in [-0.39, 0.29) is 12.4 Å². The van der Waals surface area contributed by atoms with E-state index in [1.165, 1.54) is 0 Å². The van der Waals surface area contributed by atoms with Crippen LogP contribution in [0.1, 0.15) is 12.0 Å². The maximum Gasteiger partial charge on any atom is 0.160 e. The van der Waals surface area contributed by atoms with Gasteiger partial charge in [0.15, 0.2) is 5.78 Å². The average molecular weight is 190 g/mol. The van der Waals surface area contributed by atoms with Crippen LogP contribution in [0.3, 0.4) is 0 Å². The largest absolute Gasteiger partial charge is 0.392 e. The second-order valence-corrected chi connectivity index (χ2v) is 3.17. The zero-order valence-electron chi connectivity index (χ0n) is 8.07. The molecule has 0 amide bonds. The Morgan fingerprint density at radius 2 is 1.93 bits per heavy atom. The van der Waals surface area contributed by atoms with E-state index < -0.39 is 0 Å². The van der Waals surface area contributed by atoms with Crippen LogP contribution in [0.4, 0.5) is 0 Å². The van der Waals surface area contributed by atoms with Crippen molar-refractivity contribution >= 4 is 5.78 Å². The summed E-state index contributed by atoms with van der Waals surface area (Å²) in [4.78, 5) is 11.3. The predicted octanol–water partition coefficient (Wildman–Crippen LogP) is 1.74. The number of ketones is 1. The van der Waals surface area contributed by atoms with E-state index in [4.69, 9.17) is 5.11 Å². The molecule has 0 aliphatic carbocycles. The highest BCUT2D eigenvalue weighted by Crippen LogP contribution is 2.05. The third kappa shape index (κ3) is 3.15. The molecule has 0 aliphatic heterocycles. The Kier molecular flexibility index (Phi) is 4.08. The molecule has 0 saturated carbocycles. The molecule has 0 radical (unpaired) electrons. The number of benzene rings is 1. The van der Waals surface area contributed by atoms with Gasteiger partial charge in [-0.05, 0) is 12.0 Å². The number of Topliss-reactive ketones (excluding diaryl/α,β-unsaturated/α-hetero) is 1. The van der Waals surface area contributed by atoms with Gasteiger partial charge in [0.2, 0.25) is 0 Å². The first-order valence-corrected chi connectivity index (χ1v) is 4.60. The standard InChI is InChI=1S/C12H14O2/c1-10(9-13)12(14)8-7-11-5-3-2-4-6-11/h2-6,13H,1,7-9H2. The van der Waals surface area contributed by atoms with Gasteiger partial charge in [0.05, 0.1) is 6.61 Å². The van der Waals surface area contributed by atoms with Gasteiger partial charge in [-0.3, -0.25) is 4.79 Å². The Balaban J connectivity index is 2.42. The van der Waals surface area contributed by atoms with Gasteiger partial charge >= 0.3 is 0 Å². The van der Waals surface area contributed by atoms with E-state index in [0.29, 0.717) is 18.4 Å². The molecule has 0 heterocycles. The molecule has 74 valence electrons. The first-order chi connectivity index (χ1) is 6.74. The Morgan fingerprint density at radius 1 is 1.29 bits per heavy atom. The molecule has 0 bridgehead atoms. The lowest BCUT2D eigenvalue weighted by molar-refractivity contribution is -0.115. The smallest absolute Gasteiger partial charge is 0.160 e. The van der Waals surface area contributed by atoms with Gasteiger partial charge in [-0.2, -0.15) is 0 Å². The van der Waals surface area contributed by atoms with Crippen molar-refractivity contribution in [3.63, 3.8) is 0 Å². The lowest BCUT2D eigenvalue weighted by atomic mass is 10.0. The quantitative estimate of drug-likeness (QED) is 0.718. The number of hydrogen-bond acceptors (Lipinski definition) is 2. The van der Waals surface area contributed by atoms with Crippen molar-refractivity contribution in [3.05, 3.63) is 48.0 Å². The Morgan fingerprint density at radius 3 is 2.50 bits per heavy atom. The molecule has 0 aromatic heterocycles. The molecule has 2 heteroatoms. The van der Waals surface area contributed by atoms with Gasteiger partial charge in [0.1, 0.15) is 0 Å². The van der Waals surface area contributed by atoms with Crippen LogP contribution in [0.25, 0.3) is 0 Å². The molecule has 0 fully saturated rings. The van der Waals surface area contributed by atoms with Gasteiger partial charge in [-0.15, -0.1) is 0 Å². The summed E-state index contributed by atoms with van der Waals surface area (Å²) in [5.41, 5.74) is 1.42. The molecule has 0 spiro atoms. The van der Waals surface area contributed by atoms with Crippen molar-refractivity contribution in [2.24, 2.45) is 0 Å². The summed E-state index contributed by atoms with van der Waals surface area (Å²) in [5, 5.41) is 8.68. The number of aliphatic hydroxyl groups is 1. The third-order valence-electron chi connectivity index (χ3n) is 2.07. The van der Waals surface area contributed by atoms with Gasteiger partial charge in [-0.25, -0.2) is 0 Å². The molecule has 2 nitrogen and oxygen atoms in total. The molecule has 1 aromatic carbocycles. The summed E-state index contributed by atoms with van der Waals surface area (Å²) >= 11 is 0. The molecule has 1 rings (SSSR count). The maximum atomic E-state index is 11.3. The molecular weight excluding hydrogens is 176 g/mol. The predicted molar refractivity (Wildman–Crippen MR) is 56.0 cm³/mol.